The second-order valence-electron chi connectivity index (χ2n) is 4.68. The van der Waals surface area contributed by atoms with Crippen LogP contribution in [0.4, 0.5) is 11.4 Å². The molecule has 0 atom stereocenters. The monoisotopic (exact) mass is 409 g/mol. The largest absolute Gasteiger partial charge is 0.383 e. The molecule has 1 heterocycles. The first-order chi connectivity index (χ1) is 10.4. The fourth-order valence-corrected chi connectivity index (χ4v) is 5.03. The molecule has 10 heteroatoms. The van der Waals surface area contributed by atoms with Crippen LogP contribution in [-0.4, -0.2) is 54.5 Å². The molecule has 0 aromatic heterocycles. The van der Waals surface area contributed by atoms with E-state index in [0.717, 1.165) is 11.5 Å². The number of halogens is 1. The number of nitrogens with one attached hydrogen (secondary N) is 1. The summed E-state index contributed by atoms with van der Waals surface area (Å²) in [4.78, 5) is 10.2. The Balaban J connectivity index is 1.91. The number of benzene rings is 1. The number of rotatable bonds is 6. The van der Waals surface area contributed by atoms with Gasteiger partial charge in [0.2, 0.25) is 10.0 Å². The van der Waals surface area contributed by atoms with Crippen molar-refractivity contribution in [3.05, 3.63) is 32.8 Å². The molecule has 7 nitrogen and oxygen atoms in total. The number of hydrogen-bond donors (Lipinski definition) is 1. The Kier molecular flexibility index (Phi) is 6.07. The van der Waals surface area contributed by atoms with Gasteiger partial charge in [-0.15, -0.1) is 0 Å². The SMILES string of the molecule is O=[N+]([O-])c1ccc(NCCS(=O)(=O)N2CCSCC2)c(Br)c1. The predicted octanol–water partition coefficient (Wildman–Crippen LogP) is 2.15. The van der Waals surface area contributed by atoms with Gasteiger partial charge in [0.25, 0.3) is 5.69 Å². The zero-order valence-corrected chi connectivity index (χ0v) is 14.9. The summed E-state index contributed by atoms with van der Waals surface area (Å²) in [5, 5.41) is 13.7. The zero-order chi connectivity index (χ0) is 16.2. The third-order valence-corrected chi connectivity index (χ3v) is 6.67. The zero-order valence-electron chi connectivity index (χ0n) is 11.7. The number of non-ortho nitro benzene ring substituents is 1. The quantitative estimate of drug-likeness (QED) is 0.571. The van der Waals surface area contributed by atoms with Gasteiger partial charge in [-0.1, -0.05) is 0 Å². The van der Waals surface area contributed by atoms with E-state index in [9.17, 15) is 18.5 Å². The molecule has 0 saturated carbocycles. The van der Waals surface area contributed by atoms with Gasteiger partial charge in [0, 0.05) is 53.4 Å². The number of nitro groups is 1. The standard InChI is InChI=1S/C12H16BrN3O4S2/c13-11-9-10(16(17)18)1-2-12(11)14-3-8-22(19,20)15-4-6-21-7-5-15/h1-2,9,14H,3-8H2. The minimum Gasteiger partial charge on any atom is -0.383 e. The average Bonchev–Trinajstić information content (AvgIpc) is 2.49. The molecular weight excluding hydrogens is 394 g/mol. The minimum absolute atomic E-state index is 0.00109. The van der Waals surface area contributed by atoms with Gasteiger partial charge in [-0.25, -0.2) is 12.7 Å². The Hall–Kier alpha value is -0.840. The van der Waals surface area contributed by atoms with E-state index in [-0.39, 0.29) is 18.0 Å². The summed E-state index contributed by atoms with van der Waals surface area (Å²) in [6, 6.07) is 4.33. The summed E-state index contributed by atoms with van der Waals surface area (Å²) in [5.74, 6) is 1.67. The van der Waals surface area contributed by atoms with Crippen LogP contribution in [0.1, 0.15) is 0 Å². The van der Waals surface area contributed by atoms with Gasteiger partial charge in [0.1, 0.15) is 0 Å². The van der Waals surface area contributed by atoms with Crippen molar-refractivity contribution in [2.24, 2.45) is 0 Å². The maximum atomic E-state index is 12.2. The molecule has 0 unspecified atom stereocenters. The smallest absolute Gasteiger partial charge is 0.270 e. The van der Waals surface area contributed by atoms with E-state index in [0.29, 0.717) is 23.2 Å². The van der Waals surface area contributed by atoms with E-state index in [1.54, 1.807) is 17.8 Å². The van der Waals surface area contributed by atoms with Gasteiger partial charge in [-0.05, 0) is 22.0 Å². The van der Waals surface area contributed by atoms with Crippen LogP contribution in [0.3, 0.4) is 0 Å². The van der Waals surface area contributed by atoms with Crippen molar-refractivity contribution in [2.75, 3.05) is 42.2 Å². The second-order valence-corrected chi connectivity index (χ2v) is 8.84. The van der Waals surface area contributed by atoms with Crippen LogP contribution in [0.15, 0.2) is 22.7 Å². The van der Waals surface area contributed by atoms with Crippen LogP contribution >= 0.6 is 27.7 Å². The molecule has 1 fully saturated rings. The third kappa shape index (κ3) is 4.58. The van der Waals surface area contributed by atoms with Crippen LogP contribution < -0.4 is 5.32 Å². The Morgan fingerprint density at radius 2 is 2.05 bits per heavy atom. The molecule has 0 aliphatic carbocycles. The van der Waals surface area contributed by atoms with E-state index in [1.807, 2.05) is 0 Å². The summed E-state index contributed by atoms with van der Waals surface area (Å²) >= 11 is 5.00. The highest BCUT2D eigenvalue weighted by Gasteiger charge is 2.23. The predicted molar refractivity (Wildman–Crippen MR) is 92.0 cm³/mol. The van der Waals surface area contributed by atoms with Gasteiger partial charge in [0.15, 0.2) is 0 Å². The average molecular weight is 410 g/mol. The summed E-state index contributed by atoms with van der Waals surface area (Å²) < 4.78 is 26.4. The van der Waals surface area contributed by atoms with Crippen molar-refractivity contribution in [2.45, 2.75) is 0 Å². The molecular formula is C12H16BrN3O4S2. The van der Waals surface area contributed by atoms with Gasteiger partial charge in [-0.2, -0.15) is 11.8 Å². The van der Waals surface area contributed by atoms with Crippen molar-refractivity contribution < 1.29 is 13.3 Å². The van der Waals surface area contributed by atoms with Gasteiger partial charge < -0.3 is 5.32 Å². The summed E-state index contributed by atoms with van der Waals surface area (Å²) in [6.07, 6.45) is 0. The first-order valence-electron chi connectivity index (χ1n) is 6.63. The lowest BCUT2D eigenvalue weighted by Crippen LogP contribution is -2.40. The number of nitro benzene ring substituents is 1. The van der Waals surface area contributed by atoms with Crippen LogP contribution in [0.25, 0.3) is 0 Å². The lowest BCUT2D eigenvalue weighted by molar-refractivity contribution is -0.384. The number of nitrogens with zero attached hydrogens (tertiary/aromatic N) is 2. The van der Waals surface area contributed by atoms with Gasteiger partial charge >= 0.3 is 0 Å². The Morgan fingerprint density at radius 3 is 2.64 bits per heavy atom. The van der Waals surface area contributed by atoms with Crippen molar-refractivity contribution in [1.29, 1.82) is 0 Å². The first kappa shape index (κ1) is 17.5. The highest BCUT2D eigenvalue weighted by molar-refractivity contribution is 9.10. The molecule has 2 rings (SSSR count). The van der Waals surface area contributed by atoms with E-state index < -0.39 is 14.9 Å². The number of hydrogen-bond acceptors (Lipinski definition) is 6. The molecule has 1 aliphatic heterocycles. The normalized spacial score (nSPS) is 16.4. The van der Waals surface area contributed by atoms with E-state index in [2.05, 4.69) is 21.2 Å². The summed E-state index contributed by atoms with van der Waals surface area (Å²) in [5.41, 5.74) is 0.617. The number of anilines is 1. The Morgan fingerprint density at radius 1 is 1.36 bits per heavy atom. The van der Waals surface area contributed by atoms with Crippen LogP contribution in [0.5, 0.6) is 0 Å². The molecule has 1 aromatic rings. The molecule has 0 bridgehead atoms. The minimum atomic E-state index is -3.25. The van der Waals surface area contributed by atoms with Crippen LogP contribution in [0, 0.1) is 10.1 Å². The number of sulfonamides is 1. The Bertz CT molecular complexity index is 648. The summed E-state index contributed by atoms with van der Waals surface area (Å²) in [7, 11) is -3.25. The molecule has 122 valence electrons. The van der Waals surface area contributed by atoms with Crippen molar-refractivity contribution >= 4 is 49.1 Å². The highest BCUT2D eigenvalue weighted by atomic mass is 79.9. The lowest BCUT2D eigenvalue weighted by Gasteiger charge is -2.25. The molecule has 0 radical (unpaired) electrons. The van der Waals surface area contributed by atoms with Crippen LogP contribution in [0.2, 0.25) is 0 Å². The maximum absolute atomic E-state index is 12.2. The molecule has 0 amide bonds. The lowest BCUT2D eigenvalue weighted by atomic mass is 10.3. The van der Waals surface area contributed by atoms with Crippen LogP contribution in [-0.2, 0) is 10.0 Å². The van der Waals surface area contributed by atoms with Crippen molar-refractivity contribution in [1.82, 2.24) is 4.31 Å². The molecule has 1 saturated heterocycles. The summed E-state index contributed by atoms with van der Waals surface area (Å²) in [6.45, 7) is 1.38. The topological polar surface area (TPSA) is 92.5 Å². The van der Waals surface area contributed by atoms with Gasteiger partial charge in [0.05, 0.1) is 10.7 Å². The fraction of sp³-hybridized carbons (Fsp3) is 0.500. The molecule has 22 heavy (non-hydrogen) atoms. The number of thioether (sulfide) groups is 1. The van der Waals surface area contributed by atoms with Crippen molar-refractivity contribution in [3.63, 3.8) is 0 Å². The van der Waals surface area contributed by atoms with Gasteiger partial charge in [-0.3, -0.25) is 10.1 Å². The Labute approximate surface area is 141 Å². The van der Waals surface area contributed by atoms with Crippen molar-refractivity contribution in [3.8, 4) is 0 Å². The van der Waals surface area contributed by atoms with E-state index in [4.69, 9.17) is 0 Å². The highest BCUT2D eigenvalue weighted by Crippen LogP contribution is 2.27. The molecule has 1 aliphatic rings. The van der Waals surface area contributed by atoms with E-state index >= 15 is 0 Å². The second kappa shape index (κ2) is 7.62. The third-order valence-electron chi connectivity index (χ3n) is 3.20. The fourth-order valence-electron chi connectivity index (χ4n) is 2.03. The first-order valence-corrected chi connectivity index (χ1v) is 10.2. The molecule has 1 N–H and O–H groups in total. The molecule has 1 aromatic carbocycles. The van der Waals surface area contributed by atoms with E-state index in [1.165, 1.54) is 16.4 Å². The molecule has 0 spiro atoms. The maximum Gasteiger partial charge on any atom is 0.270 e.